The molecule has 0 aliphatic carbocycles. The Kier molecular flexibility index (Phi) is 3.89. The topological polar surface area (TPSA) is 42.0 Å². The van der Waals surface area contributed by atoms with Crippen LogP contribution in [-0.2, 0) is 0 Å². The summed E-state index contributed by atoms with van der Waals surface area (Å²) in [6.07, 6.45) is 1.66. The zero-order valence-corrected chi connectivity index (χ0v) is 9.01. The maximum absolute atomic E-state index is 11.6. The first-order valence-corrected chi connectivity index (χ1v) is 4.97. The van der Waals surface area contributed by atoms with Gasteiger partial charge in [-0.25, -0.2) is 0 Å². The molecule has 3 nitrogen and oxygen atoms in total. The van der Waals surface area contributed by atoms with Gasteiger partial charge < -0.3 is 5.32 Å². The van der Waals surface area contributed by atoms with Crippen LogP contribution in [0.4, 0.5) is 0 Å². The molecular weight excluding hydrogens is 200 g/mol. The molecule has 0 aromatic carbocycles. The summed E-state index contributed by atoms with van der Waals surface area (Å²) in [6, 6.07) is 3.47. The van der Waals surface area contributed by atoms with Gasteiger partial charge in [0.05, 0.1) is 5.56 Å². The van der Waals surface area contributed by atoms with Crippen molar-refractivity contribution in [3.05, 3.63) is 29.6 Å². The number of nitrogens with zero attached hydrogens (tertiary/aromatic N) is 1. The van der Waals surface area contributed by atoms with E-state index in [0.717, 1.165) is 5.69 Å². The Morgan fingerprint density at radius 1 is 1.71 bits per heavy atom. The van der Waals surface area contributed by atoms with Crippen LogP contribution >= 0.6 is 11.6 Å². The number of hydrogen-bond acceptors (Lipinski definition) is 2. The number of amides is 1. The van der Waals surface area contributed by atoms with Crippen LogP contribution < -0.4 is 5.32 Å². The Labute approximate surface area is 88.5 Å². The van der Waals surface area contributed by atoms with Crippen LogP contribution in [0.2, 0.25) is 0 Å². The second-order valence-electron chi connectivity index (χ2n) is 3.17. The average molecular weight is 213 g/mol. The molecule has 0 aliphatic heterocycles. The van der Waals surface area contributed by atoms with Gasteiger partial charge in [0.15, 0.2) is 0 Å². The van der Waals surface area contributed by atoms with Gasteiger partial charge in [0.25, 0.3) is 5.91 Å². The summed E-state index contributed by atoms with van der Waals surface area (Å²) in [5.74, 6) is 0.286. The number of pyridine rings is 1. The van der Waals surface area contributed by atoms with Gasteiger partial charge in [-0.1, -0.05) is 0 Å². The third kappa shape index (κ3) is 2.70. The molecule has 4 heteroatoms. The molecular formula is C10H13ClN2O. The summed E-state index contributed by atoms with van der Waals surface area (Å²) in [5.41, 5.74) is 1.33. The van der Waals surface area contributed by atoms with Crippen molar-refractivity contribution >= 4 is 17.5 Å². The van der Waals surface area contributed by atoms with Gasteiger partial charge in [-0.3, -0.25) is 9.78 Å². The molecule has 1 amide bonds. The van der Waals surface area contributed by atoms with E-state index >= 15 is 0 Å². The first-order valence-electron chi connectivity index (χ1n) is 4.43. The molecule has 1 rings (SSSR count). The normalized spacial score (nSPS) is 12.2. The van der Waals surface area contributed by atoms with Crippen LogP contribution in [0.3, 0.4) is 0 Å². The van der Waals surface area contributed by atoms with Gasteiger partial charge in [-0.2, -0.15) is 0 Å². The highest BCUT2D eigenvalue weighted by molar-refractivity contribution is 6.18. The quantitative estimate of drug-likeness (QED) is 0.776. The standard InChI is InChI=1S/C10H13ClN2O/c1-7(6-11)13-10(14)9-4-3-5-12-8(9)2/h3-5,7H,6H2,1-2H3,(H,13,14). The number of carbonyl (C=O) groups is 1. The van der Waals surface area contributed by atoms with Crippen molar-refractivity contribution in [3.63, 3.8) is 0 Å². The maximum atomic E-state index is 11.6. The Bertz CT molecular complexity index is 328. The summed E-state index contributed by atoms with van der Waals surface area (Å²) in [4.78, 5) is 15.7. The number of aryl methyl sites for hydroxylation is 1. The first-order chi connectivity index (χ1) is 6.65. The van der Waals surface area contributed by atoms with Gasteiger partial charge in [-0.15, -0.1) is 11.6 Å². The van der Waals surface area contributed by atoms with Gasteiger partial charge >= 0.3 is 0 Å². The molecule has 1 atom stereocenters. The predicted octanol–water partition coefficient (Wildman–Crippen LogP) is 1.75. The fraction of sp³-hybridized carbons (Fsp3) is 0.400. The summed E-state index contributed by atoms with van der Waals surface area (Å²) < 4.78 is 0. The number of aromatic nitrogens is 1. The number of rotatable bonds is 3. The van der Waals surface area contributed by atoms with Crippen molar-refractivity contribution in [2.24, 2.45) is 0 Å². The molecule has 0 saturated heterocycles. The number of hydrogen-bond donors (Lipinski definition) is 1. The zero-order chi connectivity index (χ0) is 10.6. The maximum Gasteiger partial charge on any atom is 0.253 e. The minimum atomic E-state index is -0.122. The van der Waals surface area contributed by atoms with Gasteiger partial charge in [-0.05, 0) is 26.0 Å². The van der Waals surface area contributed by atoms with Gasteiger partial charge in [0.2, 0.25) is 0 Å². The van der Waals surface area contributed by atoms with Crippen molar-refractivity contribution < 1.29 is 4.79 Å². The van der Waals surface area contributed by atoms with Crippen LogP contribution in [0.5, 0.6) is 0 Å². The fourth-order valence-corrected chi connectivity index (χ4v) is 1.14. The monoisotopic (exact) mass is 212 g/mol. The lowest BCUT2D eigenvalue weighted by Gasteiger charge is -2.11. The third-order valence-corrected chi connectivity index (χ3v) is 2.32. The van der Waals surface area contributed by atoms with Gasteiger partial charge in [0.1, 0.15) is 0 Å². The van der Waals surface area contributed by atoms with Crippen molar-refractivity contribution in [3.8, 4) is 0 Å². The summed E-state index contributed by atoms with van der Waals surface area (Å²) in [5, 5.41) is 2.78. The molecule has 1 aromatic heterocycles. The van der Waals surface area contributed by atoms with Crippen LogP contribution in [0, 0.1) is 6.92 Å². The largest absolute Gasteiger partial charge is 0.348 e. The lowest BCUT2D eigenvalue weighted by atomic mass is 10.2. The minimum absolute atomic E-state index is 0.0243. The smallest absolute Gasteiger partial charge is 0.253 e. The second-order valence-corrected chi connectivity index (χ2v) is 3.47. The molecule has 0 aliphatic rings. The van der Waals surface area contributed by atoms with E-state index < -0.39 is 0 Å². The molecule has 76 valence electrons. The van der Waals surface area contributed by atoms with Crippen molar-refractivity contribution in [1.82, 2.24) is 10.3 Å². The zero-order valence-electron chi connectivity index (χ0n) is 8.25. The van der Waals surface area contributed by atoms with Crippen LogP contribution in [0.15, 0.2) is 18.3 Å². The highest BCUT2D eigenvalue weighted by Gasteiger charge is 2.10. The van der Waals surface area contributed by atoms with Crippen molar-refractivity contribution in [2.45, 2.75) is 19.9 Å². The first kappa shape index (κ1) is 11.0. The molecule has 14 heavy (non-hydrogen) atoms. The molecule has 0 bridgehead atoms. The van der Waals surface area contributed by atoms with E-state index in [9.17, 15) is 4.79 Å². The van der Waals surface area contributed by atoms with E-state index in [2.05, 4.69) is 10.3 Å². The van der Waals surface area contributed by atoms with Crippen LogP contribution in [0.25, 0.3) is 0 Å². The number of alkyl halides is 1. The molecule has 0 radical (unpaired) electrons. The van der Waals surface area contributed by atoms with E-state index in [1.807, 2.05) is 6.92 Å². The third-order valence-electron chi connectivity index (χ3n) is 1.86. The fourth-order valence-electron chi connectivity index (χ4n) is 1.06. The molecule has 1 N–H and O–H groups in total. The second kappa shape index (κ2) is 4.96. The number of nitrogens with one attached hydrogen (secondary N) is 1. The molecule has 1 aromatic rings. The van der Waals surface area contributed by atoms with E-state index in [0.29, 0.717) is 11.4 Å². The lowest BCUT2D eigenvalue weighted by molar-refractivity contribution is 0.0942. The number of halogens is 1. The molecule has 1 unspecified atom stereocenters. The van der Waals surface area contributed by atoms with Crippen LogP contribution in [0.1, 0.15) is 23.0 Å². The molecule has 0 fully saturated rings. The predicted molar refractivity (Wildman–Crippen MR) is 56.6 cm³/mol. The number of carbonyl (C=O) groups excluding carboxylic acids is 1. The minimum Gasteiger partial charge on any atom is -0.348 e. The van der Waals surface area contributed by atoms with Gasteiger partial charge in [0, 0.05) is 23.8 Å². The summed E-state index contributed by atoms with van der Waals surface area (Å²) >= 11 is 5.59. The Hall–Kier alpha value is -1.09. The molecule has 1 heterocycles. The van der Waals surface area contributed by atoms with Crippen molar-refractivity contribution in [2.75, 3.05) is 5.88 Å². The SMILES string of the molecule is Cc1ncccc1C(=O)NC(C)CCl. The Morgan fingerprint density at radius 2 is 2.43 bits per heavy atom. The van der Waals surface area contributed by atoms with E-state index in [1.54, 1.807) is 25.3 Å². The highest BCUT2D eigenvalue weighted by atomic mass is 35.5. The van der Waals surface area contributed by atoms with Crippen molar-refractivity contribution in [1.29, 1.82) is 0 Å². The average Bonchev–Trinajstić information content (AvgIpc) is 2.18. The van der Waals surface area contributed by atoms with E-state index in [1.165, 1.54) is 0 Å². The summed E-state index contributed by atoms with van der Waals surface area (Å²) in [6.45, 7) is 3.66. The molecule has 0 saturated carbocycles. The lowest BCUT2D eigenvalue weighted by Crippen LogP contribution is -2.34. The Balaban J connectivity index is 2.75. The summed E-state index contributed by atoms with van der Waals surface area (Å²) in [7, 11) is 0. The molecule has 0 spiro atoms. The van der Waals surface area contributed by atoms with E-state index in [4.69, 9.17) is 11.6 Å². The van der Waals surface area contributed by atoms with Crippen LogP contribution in [-0.4, -0.2) is 22.8 Å². The Morgan fingerprint density at radius 3 is 3.00 bits per heavy atom. The van der Waals surface area contributed by atoms with E-state index in [-0.39, 0.29) is 11.9 Å². The highest BCUT2D eigenvalue weighted by Crippen LogP contribution is 2.03.